The molecule has 1 atom stereocenters. The Balaban J connectivity index is 4.89. The SMILES string of the molecule is [CH2]C(C)C[Si](OC(C)C)(OC(C)C)OC(C)C. The van der Waals surface area contributed by atoms with Crippen molar-refractivity contribution in [2.24, 2.45) is 5.92 Å². The summed E-state index contributed by atoms with van der Waals surface area (Å²) in [6.07, 6.45) is 0.328. The van der Waals surface area contributed by atoms with Crippen LogP contribution in [0.2, 0.25) is 6.04 Å². The van der Waals surface area contributed by atoms with Gasteiger partial charge in [-0.1, -0.05) is 13.8 Å². The van der Waals surface area contributed by atoms with E-state index in [1.807, 2.05) is 41.5 Å². The van der Waals surface area contributed by atoms with E-state index in [9.17, 15) is 0 Å². The summed E-state index contributed by atoms with van der Waals surface area (Å²) in [5, 5.41) is 0. The molecular formula is C13H29O3Si. The lowest BCUT2D eigenvalue weighted by molar-refractivity contribution is 0.00158. The van der Waals surface area contributed by atoms with E-state index in [0.29, 0.717) is 0 Å². The van der Waals surface area contributed by atoms with Crippen LogP contribution in [0.4, 0.5) is 0 Å². The maximum atomic E-state index is 6.02. The summed E-state index contributed by atoms with van der Waals surface area (Å²) < 4.78 is 18.1. The van der Waals surface area contributed by atoms with Crippen LogP contribution in [0.1, 0.15) is 48.5 Å². The summed E-state index contributed by atoms with van der Waals surface area (Å²) in [4.78, 5) is 0. The van der Waals surface area contributed by atoms with Gasteiger partial charge in [0.15, 0.2) is 0 Å². The molecule has 1 unspecified atom stereocenters. The molecule has 4 heteroatoms. The molecule has 0 aliphatic carbocycles. The first-order chi connectivity index (χ1) is 7.67. The lowest BCUT2D eigenvalue weighted by Gasteiger charge is -2.35. The van der Waals surface area contributed by atoms with Crippen LogP contribution in [-0.2, 0) is 13.3 Å². The van der Waals surface area contributed by atoms with Crippen LogP contribution >= 0.6 is 0 Å². The zero-order chi connectivity index (χ0) is 13.6. The van der Waals surface area contributed by atoms with E-state index in [1.54, 1.807) is 0 Å². The predicted octanol–water partition coefficient (Wildman–Crippen LogP) is 3.67. The van der Waals surface area contributed by atoms with Crippen molar-refractivity contribution in [1.29, 1.82) is 0 Å². The summed E-state index contributed by atoms with van der Waals surface area (Å²) in [6.45, 7) is 18.2. The van der Waals surface area contributed by atoms with Crippen molar-refractivity contribution in [1.82, 2.24) is 0 Å². The zero-order valence-corrected chi connectivity index (χ0v) is 13.4. The summed E-state index contributed by atoms with van der Waals surface area (Å²) in [5.74, 6) is 0.262. The van der Waals surface area contributed by atoms with Crippen LogP contribution in [0, 0.1) is 12.8 Å². The van der Waals surface area contributed by atoms with Crippen molar-refractivity contribution in [3.05, 3.63) is 6.92 Å². The Hall–Kier alpha value is 0.0969. The van der Waals surface area contributed by atoms with E-state index in [-0.39, 0.29) is 24.2 Å². The van der Waals surface area contributed by atoms with Gasteiger partial charge in [0, 0.05) is 24.4 Å². The molecule has 0 amide bonds. The molecule has 0 fully saturated rings. The Bertz CT molecular complexity index is 157. The predicted molar refractivity (Wildman–Crippen MR) is 73.7 cm³/mol. The first kappa shape index (κ1) is 17.1. The Morgan fingerprint density at radius 1 is 0.765 bits per heavy atom. The second kappa shape index (κ2) is 7.51. The molecule has 0 saturated carbocycles. The highest BCUT2D eigenvalue weighted by molar-refractivity contribution is 6.61. The average molecular weight is 261 g/mol. The third-order valence-electron chi connectivity index (χ3n) is 1.84. The first-order valence-corrected chi connectivity index (χ1v) is 8.46. The highest BCUT2D eigenvalue weighted by Crippen LogP contribution is 2.25. The van der Waals surface area contributed by atoms with Crippen molar-refractivity contribution in [2.45, 2.75) is 72.8 Å². The standard InChI is InChI=1S/C13H29O3Si/c1-10(2)9-17(14-11(3)4,15-12(5)6)16-13(7)8/h10-13H,1,9H2,2-8H3. The van der Waals surface area contributed by atoms with Gasteiger partial charge < -0.3 is 13.3 Å². The Kier molecular flexibility index (Phi) is 7.56. The second-order valence-electron chi connectivity index (χ2n) is 5.49. The lowest BCUT2D eigenvalue weighted by atomic mass is 10.3. The van der Waals surface area contributed by atoms with Gasteiger partial charge in [-0.3, -0.25) is 0 Å². The molecule has 0 rings (SSSR count). The van der Waals surface area contributed by atoms with E-state index in [1.165, 1.54) is 0 Å². The molecule has 0 aromatic rings. The van der Waals surface area contributed by atoms with E-state index in [4.69, 9.17) is 13.3 Å². The molecule has 3 nitrogen and oxygen atoms in total. The molecule has 103 valence electrons. The molecule has 0 aliphatic rings. The summed E-state index contributed by atoms with van der Waals surface area (Å²) in [5.41, 5.74) is 0. The quantitative estimate of drug-likeness (QED) is 0.624. The van der Waals surface area contributed by atoms with Crippen LogP contribution in [0.5, 0.6) is 0 Å². The van der Waals surface area contributed by atoms with Crippen molar-refractivity contribution in [3.8, 4) is 0 Å². The summed E-state index contributed by atoms with van der Waals surface area (Å²) >= 11 is 0. The van der Waals surface area contributed by atoms with Crippen LogP contribution in [0.25, 0.3) is 0 Å². The van der Waals surface area contributed by atoms with Gasteiger partial charge in [-0.2, -0.15) is 0 Å². The van der Waals surface area contributed by atoms with E-state index in [2.05, 4.69) is 13.8 Å². The monoisotopic (exact) mass is 261 g/mol. The topological polar surface area (TPSA) is 27.7 Å². The number of hydrogen-bond acceptors (Lipinski definition) is 3. The van der Waals surface area contributed by atoms with Gasteiger partial charge in [-0.15, -0.1) is 0 Å². The summed E-state index contributed by atoms with van der Waals surface area (Å²) in [7, 11) is -2.61. The van der Waals surface area contributed by atoms with Crippen LogP contribution in [-0.4, -0.2) is 27.1 Å². The van der Waals surface area contributed by atoms with Crippen LogP contribution < -0.4 is 0 Å². The van der Waals surface area contributed by atoms with E-state index in [0.717, 1.165) is 6.04 Å². The molecule has 1 radical (unpaired) electrons. The van der Waals surface area contributed by atoms with Gasteiger partial charge >= 0.3 is 8.80 Å². The zero-order valence-electron chi connectivity index (χ0n) is 12.4. The maximum Gasteiger partial charge on any atom is 0.501 e. The van der Waals surface area contributed by atoms with Gasteiger partial charge in [-0.05, 0) is 47.5 Å². The van der Waals surface area contributed by atoms with Crippen molar-refractivity contribution in [2.75, 3.05) is 0 Å². The molecular weight excluding hydrogens is 232 g/mol. The molecule has 0 aromatic heterocycles. The molecule has 0 saturated heterocycles. The molecule has 0 spiro atoms. The van der Waals surface area contributed by atoms with Crippen molar-refractivity contribution in [3.63, 3.8) is 0 Å². The molecule has 0 aliphatic heterocycles. The number of rotatable bonds is 8. The lowest BCUT2D eigenvalue weighted by Crippen LogP contribution is -2.51. The van der Waals surface area contributed by atoms with Gasteiger partial charge in [0.1, 0.15) is 0 Å². The normalized spacial score (nSPS) is 13.4. The fourth-order valence-corrected chi connectivity index (χ4v) is 5.20. The van der Waals surface area contributed by atoms with Gasteiger partial charge in [-0.25, -0.2) is 0 Å². The van der Waals surface area contributed by atoms with Crippen LogP contribution in [0.15, 0.2) is 0 Å². The molecule has 0 bridgehead atoms. The van der Waals surface area contributed by atoms with Crippen molar-refractivity contribution < 1.29 is 13.3 Å². The van der Waals surface area contributed by atoms with E-state index >= 15 is 0 Å². The van der Waals surface area contributed by atoms with Gasteiger partial charge in [0.05, 0.1) is 0 Å². The highest BCUT2D eigenvalue weighted by Gasteiger charge is 2.44. The summed E-state index contributed by atoms with van der Waals surface area (Å²) in [6, 6.07) is 0.765. The second-order valence-corrected chi connectivity index (χ2v) is 7.97. The maximum absolute atomic E-state index is 6.02. The van der Waals surface area contributed by atoms with Crippen molar-refractivity contribution >= 4 is 8.80 Å². The number of hydrogen-bond donors (Lipinski definition) is 0. The third-order valence-corrected chi connectivity index (χ3v) is 5.53. The van der Waals surface area contributed by atoms with Gasteiger partial charge in [0.25, 0.3) is 0 Å². The fourth-order valence-electron chi connectivity index (χ4n) is 1.73. The Morgan fingerprint density at radius 3 is 1.24 bits per heavy atom. The van der Waals surface area contributed by atoms with Gasteiger partial charge in [0.2, 0.25) is 0 Å². The minimum Gasteiger partial charge on any atom is -0.371 e. The van der Waals surface area contributed by atoms with E-state index < -0.39 is 8.80 Å². The molecule has 0 aromatic carbocycles. The highest BCUT2D eigenvalue weighted by atomic mass is 28.4. The minimum atomic E-state index is -2.61. The smallest absolute Gasteiger partial charge is 0.371 e. The Morgan fingerprint density at radius 2 is 1.06 bits per heavy atom. The average Bonchev–Trinajstić information content (AvgIpc) is 1.95. The molecule has 17 heavy (non-hydrogen) atoms. The van der Waals surface area contributed by atoms with Crippen LogP contribution in [0.3, 0.4) is 0 Å². The minimum absolute atomic E-state index is 0.109. The molecule has 0 N–H and O–H groups in total. The molecule has 0 heterocycles. The third kappa shape index (κ3) is 7.92. The fraction of sp³-hybridized carbons (Fsp3) is 0.923. The first-order valence-electron chi connectivity index (χ1n) is 6.53. The Labute approximate surface area is 108 Å². The largest absolute Gasteiger partial charge is 0.501 e.